The van der Waals surface area contributed by atoms with E-state index >= 15 is 0 Å². The molecular weight excluding hydrogens is 333 g/mol. The minimum atomic E-state index is -0.319. The molecule has 0 fully saturated rings. The van der Waals surface area contributed by atoms with Crippen LogP contribution in [0.25, 0.3) is 10.8 Å². The Morgan fingerprint density at radius 3 is 2.71 bits per heavy atom. The van der Waals surface area contributed by atoms with Crippen molar-refractivity contribution in [2.24, 2.45) is 0 Å². The van der Waals surface area contributed by atoms with Crippen molar-refractivity contribution in [1.82, 2.24) is 0 Å². The minimum absolute atomic E-state index is 0.223. The Hall–Kier alpha value is -2.07. The topological polar surface area (TPSA) is 35.2 Å². The van der Waals surface area contributed by atoms with E-state index in [1.807, 2.05) is 36.4 Å². The number of nitrogen functional groups attached to an aromatic ring is 1. The molecule has 0 bridgehead atoms. The van der Waals surface area contributed by atoms with Crippen molar-refractivity contribution in [2.45, 2.75) is 6.61 Å². The highest BCUT2D eigenvalue weighted by Gasteiger charge is 2.08. The van der Waals surface area contributed by atoms with Gasteiger partial charge in [0.15, 0.2) is 0 Å². The molecule has 0 saturated carbocycles. The highest BCUT2D eigenvalue weighted by Crippen LogP contribution is 2.33. The van der Waals surface area contributed by atoms with Gasteiger partial charge < -0.3 is 10.5 Å². The third-order valence-corrected chi connectivity index (χ3v) is 4.13. The van der Waals surface area contributed by atoms with Gasteiger partial charge in [-0.2, -0.15) is 0 Å². The molecule has 0 aliphatic heterocycles. The molecule has 0 atom stereocenters. The lowest BCUT2D eigenvalue weighted by Gasteiger charge is -2.12. The first-order valence-corrected chi connectivity index (χ1v) is 7.28. The Kier molecular flexibility index (Phi) is 3.80. The Morgan fingerprint density at radius 2 is 1.86 bits per heavy atom. The lowest BCUT2D eigenvalue weighted by molar-refractivity contribution is 0.305. The molecule has 3 aromatic rings. The van der Waals surface area contributed by atoms with Crippen LogP contribution in [0.5, 0.6) is 5.75 Å². The van der Waals surface area contributed by atoms with Gasteiger partial charge in [0.25, 0.3) is 0 Å². The van der Waals surface area contributed by atoms with E-state index in [2.05, 4.69) is 15.9 Å². The van der Waals surface area contributed by atoms with Gasteiger partial charge in [0.05, 0.1) is 4.47 Å². The minimum Gasteiger partial charge on any atom is -0.488 e. The highest BCUT2D eigenvalue weighted by atomic mass is 79.9. The summed E-state index contributed by atoms with van der Waals surface area (Å²) < 4.78 is 19.9. The fraction of sp³-hybridized carbons (Fsp3) is 0.0588. The zero-order valence-electron chi connectivity index (χ0n) is 11.1. The van der Waals surface area contributed by atoms with Gasteiger partial charge in [0.2, 0.25) is 0 Å². The van der Waals surface area contributed by atoms with Crippen molar-refractivity contribution in [2.75, 3.05) is 5.73 Å². The van der Waals surface area contributed by atoms with Crippen molar-refractivity contribution >= 4 is 32.4 Å². The third kappa shape index (κ3) is 2.85. The van der Waals surface area contributed by atoms with Crippen LogP contribution in [0.4, 0.5) is 10.1 Å². The van der Waals surface area contributed by atoms with E-state index in [1.54, 1.807) is 6.07 Å². The predicted molar refractivity (Wildman–Crippen MR) is 86.8 cm³/mol. The van der Waals surface area contributed by atoms with Crippen LogP contribution in [0.15, 0.2) is 59.1 Å². The van der Waals surface area contributed by atoms with E-state index in [-0.39, 0.29) is 12.4 Å². The molecule has 0 unspecified atom stereocenters. The van der Waals surface area contributed by atoms with Crippen LogP contribution >= 0.6 is 15.9 Å². The molecule has 4 heteroatoms. The van der Waals surface area contributed by atoms with Crippen molar-refractivity contribution in [3.63, 3.8) is 0 Å². The molecule has 0 aliphatic rings. The number of rotatable bonds is 3. The summed E-state index contributed by atoms with van der Waals surface area (Å²) in [5.74, 6) is 0.387. The molecule has 2 N–H and O–H groups in total. The van der Waals surface area contributed by atoms with Crippen LogP contribution in [0.3, 0.4) is 0 Å². The van der Waals surface area contributed by atoms with Gasteiger partial charge in [-0.25, -0.2) is 4.39 Å². The van der Waals surface area contributed by atoms with E-state index in [4.69, 9.17) is 10.5 Å². The second kappa shape index (κ2) is 5.74. The van der Waals surface area contributed by atoms with Gasteiger partial charge in [-0.05, 0) is 51.0 Å². The number of benzene rings is 3. The van der Waals surface area contributed by atoms with Crippen LogP contribution in [0.2, 0.25) is 0 Å². The monoisotopic (exact) mass is 345 g/mol. The predicted octanol–water partition coefficient (Wildman–Crippen LogP) is 4.90. The maximum Gasteiger partial charge on any atom is 0.134 e. The Balaban J connectivity index is 1.88. The van der Waals surface area contributed by atoms with Crippen LogP contribution in [0.1, 0.15) is 5.56 Å². The standard InChI is InChI=1S/C17H13BrFNO/c18-17-14-4-2-1-3-11(14)5-8-16(17)21-10-12-9-13(19)6-7-15(12)20/h1-9H,10,20H2. The lowest BCUT2D eigenvalue weighted by Crippen LogP contribution is -2.01. The molecule has 2 nitrogen and oxygen atoms in total. The number of hydrogen-bond donors (Lipinski definition) is 1. The van der Waals surface area contributed by atoms with E-state index in [9.17, 15) is 4.39 Å². The number of nitrogens with two attached hydrogens (primary N) is 1. The van der Waals surface area contributed by atoms with Gasteiger partial charge in [-0.15, -0.1) is 0 Å². The van der Waals surface area contributed by atoms with Gasteiger partial charge in [0, 0.05) is 11.3 Å². The zero-order valence-corrected chi connectivity index (χ0v) is 12.7. The van der Waals surface area contributed by atoms with Crippen LogP contribution in [-0.4, -0.2) is 0 Å². The summed E-state index contributed by atoms with van der Waals surface area (Å²) in [4.78, 5) is 0. The summed E-state index contributed by atoms with van der Waals surface area (Å²) in [6.45, 7) is 0.223. The van der Waals surface area contributed by atoms with Crippen molar-refractivity contribution in [3.8, 4) is 5.75 Å². The number of fused-ring (bicyclic) bond motifs is 1. The summed E-state index contributed by atoms with van der Waals surface area (Å²) in [5.41, 5.74) is 6.98. The highest BCUT2D eigenvalue weighted by molar-refractivity contribution is 9.10. The Bertz CT molecular complexity index is 804. The normalized spacial score (nSPS) is 10.8. The van der Waals surface area contributed by atoms with E-state index < -0.39 is 0 Å². The van der Waals surface area contributed by atoms with Gasteiger partial charge in [-0.1, -0.05) is 30.3 Å². The number of halogens is 2. The van der Waals surface area contributed by atoms with Crippen LogP contribution in [-0.2, 0) is 6.61 Å². The average molecular weight is 346 g/mol. The Labute approximate surface area is 130 Å². The van der Waals surface area contributed by atoms with Crippen LogP contribution in [0, 0.1) is 5.82 Å². The molecule has 0 saturated heterocycles. The summed E-state index contributed by atoms with van der Waals surface area (Å²) in [6.07, 6.45) is 0. The molecular formula is C17H13BrFNO. The molecule has 0 amide bonds. The molecule has 3 rings (SSSR count). The van der Waals surface area contributed by atoms with Gasteiger partial charge in [0.1, 0.15) is 18.2 Å². The summed E-state index contributed by atoms with van der Waals surface area (Å²) in [7, 11) is 0. The SMILES string of the molecule is Nc1ccc(F)cc1COc1ccc2ccccc2c1Br. The molecule has 0 spiro atoms. The molecule has 0 aromatic heterocycles. The first-order valence-electron chi connectivity index (χ1n) is 6.49. The Morgan fingerprint density at radius 1 is 1.05 bits per heavy atom. The van der Waals surface area contributed by atoms with Crippen molar-refractivity contribution < 1.29 is 9.13 Å². The van der Waals surface area contributed by atoms with Gasteiger partial charge in [-0.3, -0.25) is 0 Å². The number of anilines is 1. The molecule has 0 heterocycles. The number of hydrogen-bond acceptors (Lipinski definition) is 2. The van der Waals surface area contributed by atoms with E-state index in [0.717, 1.165) is 15.2 Å². The largest absolute Gasteiger partial charge is 0.488 e. The maximum atomic E-state index is 13.2. The van der Waals surface area contributed by atoms with Crippen molar-refractivity contribution in [3.05, 3.63) is 70.5 Å². The smallest absolute Gasteiger partial charge is 0.134 e. The molecule has 3 aromatic carbocycles. The summed E-state index contributed by atoms with van der Waals surface area (Å²) in [5, 5.41) is 2.20. The molecule has 0 radical (unpaired) electrons. The summed E-state index contributed by atoms with van der Waals surface area (Å²) in [6, 6.07) is 16.2. The van der Waals surface area contributed by atoms with E-state index in [0.29, 0.717) is 17.0 Å². The fourth-order valence-corrected chi connectivity index (χ4v) is 2.79. The second-order valence-electron chi connectivity index (χ2n) is 4.73. The first-order chi connectivity index (χ1) is 10.1. The van der Waals surface area contributed by atoms with Gasteiger partial charge >= 0.3 is 0 Å². The van der Waals surface area contributed by atoms with Crippen molar-refractivity contribution in [1.29, 1.82) is 0 Å². The van der Waals surface area contributed by atoms with E-state index in [1.165, 1.54) is 12.1 Å². The summed E-state index contributed by atoms with van der Waals surface area (Å²) >= 11 is 3.56. The first kappa shape index (κ1) is 13.9. The quantitative estimate of drug-likeness (QED) is 0.685. The lowest BCUT2D eigenvalue weighted by atomic mass is 10.1. The maximum absolute atomic E-state index is 13.2. The fourth-order valence-electron chi connectivity index (χ4n) is 2.18. The molecule has 0 aliphatic carbocycles. The average Bonchev–Trinajstić information content (AvgIpc) is 2.50. The number of ether oxygens (including phenoxy) is 1. The molecule has 21 heavy (non-hydrogen) atoms. The second-order valence-corrected chi connectivity index (χ2v) is 5.52. The third-order valence-electron chi connectivity index (χ3n) is 3.32. The zero-order chi connectivity index (χ0) is 14.8. The molecule has 106 valence electrons. The van der Waals surface area contributed by atoms with Crippen LogP contribution < -0.4 is 10.5 Å².